The minimum absolute atomic E-state index is 0.0858. The van der Waals surface area contributed by atoms with E-state index in [0.717, 1.165) is 50.8 Å². The number of nitrogens with zero attached hydrogens (tertiary/aromatic N) is 2. The van der Waals surface area contributed by atoms with Crippen LogP contribution in [0.2, 0.25) is 0 Å². The van der Waals surface area contributed by atoms with Crippen LogP contribution in [0.15, 0.2) is 28.8 Å². The molecular weight excluding hydrogens is 410 g/mol. The van der Waals surface area contributed by atoms with Crippen LogP contribution in [0.5, 0.6) is 11.5 Å². The molecule has 1 saturated carbocycles. The van der Waals surface area contributed by atoms with Crippen LogP contribution in [0.25, 0.3) is 0 Å². The topological polar surface area (TPSA) is 93.9 Å². The second kappa shape index (κ2) is 10.1. The summed E-state index contributed by atoms with van der Waals surface area (Å²) in [6.45, 7) is 1.44. The number of benzene rings is 1. The van der Waals surface area contributed by atoms with Crippen molar-refractivity contribution in [3.8, 4) is 11.5 Å². The summed E-state index contributed by atoms with van der Waals surface area (Å²) in [5, 5.41) is 6.95. The van der Waals surface area contributed by atoms with Gasteiger partial charge in [-0.2, -0.15) is 0 Å². The minimum atomic E-state index is -0.387. The highest BCUT2D eigenvalue weighted by Gasteiger charge is 2.31. The fourth-order valence-electron chi connectivity index (χ4n) is 4.72. The third kappa shape index (κ3) is 4.89. The average Bonchev–Trinajstić information content (AvgIpc) is 3.35. The van der Waals surface area contributed by atoms with Gasteiger partial charge in [0.15, 0.2) is 11.5 Å². The van der Waals surface area contributed by atoms with E-state index in [-0.39, 0.29) is 29.4 Å². The standard InChI is InChI=1S/C24H31N3O5/c1-30-20-11-10-18(13-21(20)31-2)25-23(28)22-14-19(26-32-22)17-9-6-12-27(15-17)24(29)16-7-4-3-5-8-16/h10-11,13-14,16-17H,3-9,12,15H2,1-2H3,(H,25,28)/t17-/m1/s1. The number of piperidine rings is 1. The molecule has 1 aliphatic carbocycles. The van der Waals surface area contributed by atoms with Crippen LogP contribution in [-0.4, -0.2) is 49.2 Å². The SMILES string of the molecule is COc1ccc(NC(=O)c2cc([C@@H]3CCCN(C(=O)C4CCCCC4)C3)no2)cc1OC. The molecule has 0 radical (unpaired) electrons. The highest BCUT2D eigenvalue weighted by Crippen LogP contribution is 2.32. The number of rotatable bonds is 6. The zero-order chi connectivity index (χ0) is 22.5. The van der Waals surface area contributed by atoms with Gasteiger partial charge >= 0.3 is 0 Å². The van der Waals surface area contributed by atoms with Crippen molar-refractivity contribution in [3.05, 3.63) is 35.7 Å². The lowest BCUT2D eigenvalue weighted by Crippen LogP contribution is -2.42. The van der Waals surface area contributed by atoms with Gasteiger partial charge in [0.1, 0.15) is 0 Å². The molecule has 0 unspecified atom stereocenters. The normalized spacial score (nSPS) is 19.4. The Balaban J connectivity index is 1.39. The van der Waals surface area contributed by atoms with Crippen molar-refractivity contribution in [2.24, 2.45) is 5.92 Å². The van der Waals surface area contributed by atoms with Gasteiger partial charge in [0, 0.05) is 42.7 Å². The van der Waals surface area contributed by atoms with E-state index in [2.05, 4.69) is 10.5 Å². The Hall–Kier alpha value is -3.03. The molecule has 2 fully saturated rings. The molecule has 8 heteroatoms. The van der Waals surface area contributed by atoms with Gasteiger partial charge in [0.2, 0.25) is 11.7 Å². The van der Waals surface area contributed by atoms with Gasteiger partial charge < -0.3 is 24.2 Å². The molecule has 0 spiro atoms. The molecule has 2 aromatic rings. The maximum atomic E-state index is 12.9. The first kappa shape index (κ1) is 22.2. The lowest BCUT2D eigenvalue weighted by Gasteiger charge is -2.35. The molecule has 2 aliphatic rings. The van der Waals surface area contributed by atoms with Crippen molar-refractivity contribution in [1.29, 1.82) is 0 Å². The number of hydrogen-bond donors (Lipinski definition) is 1. The summed E-state index contributed by atoms with van der Waals surface area (Å²) in [5.41, 5.74) is 1.29. The summed E-state index contributed by atoms with van der Waals surface area (Å²) in [4.78, 5) is 27.6. The quantitative estimate of drug-likeness (QED) is 0.721. The number of carbonyl (C=O) groups excluding carboxylic acids is 2. The number of likely N-dealkylation sites (tertiary alicyclic amines) is 1. The van der Waals surface area contributed by atoms with Gasteiger partial charge in [0.25, 0.3) is 5.91 Å². The molecule has 1 atom stereocenters. The van der Waals surface area contributed by atoms with Crippen LogP contribution in [-0.2, 0) is 4.79 Å². The van der Waals surface area contributed by atoms with E-state index in [1.807, 2.05) is 4.90 Å². The number of carbonyl (C=O) groups is 2. The Morgan fingerprint density at radius 3 is 2.56 bits per heavy atom. The molecule has 1 aliphatic heterocycles. The van der Waals surface area contributed by atoms with E-state index in [9.17, 15) is 9.59 Å². The zero-order valence-electron chi connectivity index (χ0n) is 18.8. The van der Waals surface area contributed by atoms with E-state index in [1.54, 1.807) is 38.5 Å². The molecular formula is C24H31N3O5. The van der Waals surface area contributed by atoms with Gasteiger partial charge in [-0.25, -0.2) is 0 Å². The van der Waals surface area contributed by atoms with Gasteiger partial charge in [0.05, 0.1) is 19.9 Å². The predicted octanol–water partition coefficient (Wildman–Crippen LogP) is 4.23. The van der Waals surface area contributed by atoms with Gasteiger partial charge in [-0.1, -0.05) is 24.4 Å². The first-order valence-corrected chi connectivity index (χ1v) is 11.4. The third-order valence-electron chi connectivity index (χ3n) is 6.50. The van der Waals surface area contributed by atoms with Crippen molar-refractivity contribution in [2.75, 3.05) is 32.6 Å². The largest absolute Gasteiger partial charge is 0.493 e. The molecule has 4 rings (SSSR count). The third-order valence-corrected chi connectivity index (χ3v) is 6.50. The van der Waals surface area contributed by atoms with E-state index in [0.29, 0.717) is 23.7 Å². The molecule has 2 amide bonds. The predicted molar refractivity (Wildman–Crippen MR) is 119 cm³/mol. The Kier molecular flexibility index (Phi) is 6.97. The van der Waals surface area contributed by atoms with Crippen LogP contribution in [0, 0.1) is 5.92 Å². The fraction of sp³-hybridized carbons (Fsp3) is 0.542. The monoisotopic (exact) mass is 441 g/mol. The van der Waals surface area contributed by atoms with Crippen LogP contribution < -0.4 is 14.8 Å². The summed E-state index contributed by atoms with van der Waals surface area (Å²) in [7, 11) is 3.10. The Morgan fingerprint density at radius 2 is 1.81 bits per heavy atom. The molecule has 1 aromatic heterocycles. The number of amides is 2. The lowest BCUT2D eigenvalue weighted by molar-refractivity contribution is -0.137. The first-order valence-electron chi connectivity index (χ1n) is 11.4. The van der Waals surface area contributed by atoms with Crippen LogP contribution >= 0.6 is 0 Å². The van der Waals surface area contributed by atoms with Crippen molar-refractivity contribution >= 4 is 17.5 Å². The van der Waals surface area contributed by atoms with Gasteiger partial charge in [-0.15, -0.1) is 0 Å². The molecule has 0 bridgehead atoms. The van der Waals surface area contributed by atoms with Gasteiger partial charge in [-0.05, 0) is 37.8 Å². The number of aromatic nitrogens is 1. The summed E-state index contributed by atoms with van der Waals surface area (Å²) < 4.78 is 15.8. The number of nitrogens with one attached hydrogen (secondary N) is 1. The summed E-state index contributed by atoms with van der Waals surface area (Å²) in [6, 6.07) is 6.83. The van der Waals surface area contributed by atoms with Crippen molar-refractivity contribution in [2.45, 2.75) is 50.9 Å². The summed E-state index contributed by atoms with van der Waals surface area (Å²) in [6.07, 6.45) is 7.40. The van der Waals surface area contributed by atoms with Crippen molar-refractivity contribution in [1.82, 2.24) is 10.1 Å². The van der Waals surface area contributed by atoms with Crippen molar-refractivity contribution in [3.63, 3.8) is 0 Å². The Morgan fingerprint density at radius 1 is 1.03 bits per heavy atom. The zero-order valence-corrected chi connectivity index (χ0v) is 18.8. The Bertz CT molecular complexity index is 951. The molecule has 1 aromatic carbocycles. The van der Waals surface area contributed by atoms with Crippen molar-refractivity contribution < 1.29 is 23.6 Å². The lowest BCUT2D eigenvalue weighted by atomic mass is 9.87. The van der Waals surface area contributed by atoms with Crippen LogP contribution in [0.1, 0.15) is 67.1 Å². The number of hydrogen-bond acceptors (Lipinski definition) is 6. The number of anilines is 1. The van der Waals surface area contributed by atoms with E-state index in [4.69, 9.17) is 14.0 Å². The van der Waals surface area contributed by atoms with Crippen LogP contribution in [0.4, 0.5) is 5.69 Å². The fourth-order valence-corrected chi connectivity index (χ4v) is 4.72. The maximum Gasteiger partial charge on any atom is 0.294 e. The minimum Gasteiger partial charge on any atom is -0.493 e. The summed E-state index contributed by atoms with van der Waals surface area (Å²) >= 11 is 0. The second-order valence-electron chi connectivity index (χ2n) is 8.60. The first-order chi connectivity index (χ1) is 15.6. The number of methoxy groups -OCH3 is 2. The number of ether oxygens (including phenoxy) is 2. The second-order valence-corrected chi connectivity index (χ2v) is 8.60. The highest BCUT2D eigenvalue weighted by molar-refractivity contribution is 6.02. The molecule has 8 nitrogen and oxygen atoms in total. The highest BCUT2D eigenvalue weighted by atomic mass is 16.5. The average molecular weight is 442 g/mol. The Labute approximate surface area is 188 Å². The van der Waals surface area contributed by atoms with E-state index in [1.165, 1.54) is 6.42 Å². The molecule has 1 N–H and O–H groups in total. The van der Waals surface area contributed by atoms with E-state index >= 15 is 0 Å². The van der Waals surface area contributed by atoms with Crippen LogP contribution in [0.3, 0.4) is 0 Å². The molecule has 32 heavy (non-hydrogen) atoms. The smallest absolute Gasteiger partial charge is 0.294 e. The summed E-state index contributed by atoms with van der Waals surface area (Å²) in [5.74, 6) is 1.40. The molecule has 2 heterocycles. The van der Waals surface area contributed by atoms with E-state index < -0.39 is 0 Å². The van der Waals surface area contributed by atoms with Gasteiger partial charge in [-0.3, -0.25) is 9.59 Å². The molecule has 172 valence electrons. The maximum absolute atomic E-state index is 12.9. The molecule has 1 saturated heterocycles.